The molecule has 0 amide bonds. The minimum Gasteiger partial charge on any atom is -0.465 e. The van der Waals surface area contributed by atoms with E-state index in [-0.39, 0.29) is 0 Å². The number of ether oxygens (including phenoxy) is 1. The van der Waals surface area contributed by atoms with Crippen LogP contribution in [0, 0.1) is 5.92 Å². The molecule has 1 aliphatic carbocycles. The van der Waals surface area contributed by atoms with Crippen LogP contribution in [-0.4, -0.2) is 55.7 Å². The van der Waals surface area contributed by atoms with Gasteiger partial charge in [-0.2, -0.15) is 0 Å². The van der Waals surface area contributed by atoms with Crippen molar-refractivity contribution in [3.8, 4) is 0 Å². The number of piperidine rings is 1. The number of benzene rings is 1. The van der Waals surface area contributed by atoms with Crippen LogP contribution in [0.3, 0.4) is 0 Å². The molecule has 1 aromatic heterocycles. The lowest BCUT2D eigenvalue weighted by Crippen LogP contribution is -2.46. The summed E-state index contributed by atoms with van der Waals surface area (Å²) in [5.74, 6) is 2.89. The van der Waals surface area contributed by atoms with Gasteiger partial charge in [0, 0.05) is 39.2 Å². The third-order valence-corrected chi connectivity index (χ3v) is 6.67. The molecule has 2 aliphatic rings. The van der Waals surface area contributed by atoms with Crippen molar-refractivity contribution in [1.82, 2.24) is 9.80 Å². The molecule has 0 radical (unpaired) electrons. The summed E-state index contributed by atoms with van der Waals surface area (Å²) in [4.78, 5) is 5.30. The van der Waals surface area contributed by atoms with E-state index in [0.29, 0.717) is 6.04 Å². The normalized spacial score (nSPS) is 20.4. The minimum absolute atomic E-state index is 0.694. The van der Waals surface area contributed by atoms with Crippen LogP contribution in [0.2, 0.25) is 0 Å². The Labute approximate surface area is 175 Å². The molecule has 158 valence electrons. The van der Waals surface area contributed by atoms with E-state index >= 15 is 0 Å². The number of furan rings is 1. The van der Waals surface area contributed by atoms with Crippen molar-refractivity contribution in [3.63, 3.8) is 0 Å². The SMILES string of the molecule is CCc1ccc(CN(CCOC)CC2CCCN(C3Cc4ccccc4C3)C2)o1. The zero-order valence-electron chi connectivity index (χ0n) is 18.1. The van der Waals surface area contributed by atoms with Crippen molar-refractivity contribution in [2.45, 2.75) is 51.6 Å². The van der Waals surface area contributed by atoms with Crippen molar-refractivity contribution in [3.05, 3.63) is 59.0 Å². The highest BCUT2D eigenvalue weighted by molar-refractivity contribution is 5.33. The number of fused-ring (bicyclic) bond motifs is 1. The Morgan fingerprint density at radius 3 is 2.55 bits per heavy atom. The highest BCUT2D eigenvalue weighted by Crippen LogP contribution is 2.29. The van der Waals surface area contributed by atoms with Gasteiger partial charge >= 0.3 is 0 Å². The van der Waals surface area contributed by atoms with Crippen LogP contribution in [0.25, 0.3) is 0 Å². The fourth-order valence-corrected chi connectivity index (χ4v) is 5.11. The molecule has 0 N–H and O–H groups in total. The van der Waals surface area contributed by atoms with Gasteiger partial charge in [0.1, 0.15) is 11.5 Å². The zero-order chi connectivity index (χ0) is 20.1. The van der Waals surface area contributed by atoms with E-state index in [2.05, 4.69) is 53.1 Å². The molecule has 1 aliphatic heterocycles. The van der Waals surface area contributed by atoms with Crippen molar-refractivity contribution in [2.24, 2.45) is 5.92 Å². The maximum atomic E-state index is 5.98. The average Bonchev–Trinajstić information content (AvgIpc) is 3.39. The third kappa shape index (κ3) is 5.30. The van der Waals surface area contributed by atoms with Gasteiger partial charge in [-0.3, -0.25) is 9.80 Å². The molecule has 1 aromatic carbocycles. The van der Waals surface area contributed by atoms with Crippen LogP contribution < -0.4 is 0 Å². The molecule has 0 spiro atoms. The Hall–Kier alpha value is -1.62. The standard InChI is InChI=1S/C25H36N2O2/c1-3-24-10-11-25(29-24)19-26(13-14-28-2)17-20-7-6-12-27(18-20)23-15-21-8-4-5-9-22(21)16-23/h4-5,8-11,20,23H,3,6-7,12-19H2,1-2H3. The lowest BCUT2D eigenvalue weighted by molar-refractivity contribution is 0.0814. The van der Waals surface area contributed by atoms with E-state index in [9.17, 15) is 0 Å². The molecule has 4 rings (SSSR count). The number of hydrogen-bond acceptors (Lipinski definition) is 4. The first-order valence-electron chi connectivity index (χ1n) is 11.3. The first kappa shape index (κ1) is 20.6. The van der Waals surface area contributed by atoms with Gasteiger partial charge in [-0.15, -0.1) is 0 Å². The summed E-state index contributed by atoms with van der Waals surface area (Å²) in [6, 6.07) is 14.0. The fourth-order valence-electron chi connectivity index (χ4n) is 5.11. The number of hydrogen-bond donors (Lipinski definition) is 0. The molecule has 0 saturated carbocycles. The van der Waals surface area contributed by atoms with Gasteiger partial charge in [-0.25, -0.2) is 0 Å². The number of methoxy groups -OCH3 is 1. The van der Waals surface area contributed by atoms with E-state index < -0.39 is 0 Å². The summed E-state index contributed by atoms with van der Waals surface area (Å²) in [6.45, 7) is 8.37. The van der Waals surface area contributed by atoms with Crippen LogP contribution in [-0.2, 0) is 30.5 Å². The quantitative estimate of drug-likeness (QED) is 0.636. The van der Waals surface area contributed by atoms with E-state index in [1.807, 2.05) is 0 Å². The summed E-state index contributed by atoms with van der Waals surface area (Å²) in [6.07, 6.45) is 6.05. The van der Waals surface area contributed by atoms with E-state index in [1.54, 1.807) is 18.2 Å². The second kappa shape index (κ2) is 9.92. The lowest BCUT2D eigenvalue weighted by Gasteiger charge is -2.38. The van der Waals surface area contributed by atoms with Crippen LogP contribution in [0.4, 0.5) is 0 Å². The average molecular weight is 397 g/mol. The molecule has 2 heterocycles. The molecule has 4 heteroatoms. The molecule has 0 bridgehead atoms. The number of rotatable bonds is 9. The summed E-state index contributed by atoms with van der Waals surface area (Å²) in [7, 11) is 1.79. The monoisotopic (exact) mass is 396 g/mol. The van der Waals surface area contributed by atoms with Crippen LogP contribution in [0.15, 0.2) is 40.8 Å². The largest absolute Gasteiger partial charge is 0.465 e. The minimum atomic E-state index is 0.694. The topological polar surface area (TPSA) is 28.9 Å². The smallest absolute Gasteiger partial charge is 0.118 e. The highest BCUT2D eigenvalue weighted by atomic mass is 16.5. The van der Waals surface area contributed by atoms with Gasteiger partial charge in [0.05, 0.1) is 13.2 Å². The molecule has 1 atom stereocenters. The Bertz CT molecular complexity index is 747. The van der Waals surface area contributed by atoms with Gasteiger partial charge in [-0.1, -0.05) is 31.2 Å². The molecule has 1 unspecified atom stereocenters. The Balaban J connectivity index is 1.34. The van der Waals surface area contributed by atoms with Crippen LogP contribution in [0.5, 0.6) is 0 Å². The maximum absolute atomic E-state index is 5.98. The second-order valence-corrected chi connectivity index (χ2v) is 8.78. The predicted molar refractivity (Wildman–Crippen MR) is 117 cm³/mol. The Morgan fingerprint density at radius 1 is 1.10 bits per heavy atom. The summed E-state index contributed by atoms with van der Waals surface area (Å²) >= 11 is 0. The van der Waals surface area contributed by atoms with Crippen molar-refractivity contribution in [2.75, 3.05) is 39.9 Å². The third-order valence-electron chi connectivity index (χ3n) is 6.67. The van der Waals surface area contributed by atoms with Gasteiger partial charge in [0.15, 0.2) is 0 Å². The van der Waals surface area contributed by atoms with Gasteiger partial charge < -0.3 is 9.15 Å². The van der Waals surface area contributed by atoms with Gasteiger partial charge in [-0.05, 0) is 61.4 Å². The maximum Gasteiger partial charge on any atom is 0.118 e. The lowest BCUT2D eigenvalue weighted by atomic mass is 9.95. The molecule has 4 nitrogen and oxygen atoms in total. The summed E-state index contributed by atoms with van der Waals surface area (Å²) in [5, 5.41) is 0. The zero-order valence-corrected chi connectivity index (χ0v) is 18.1. The fraction of sp³-hybridized carbons (Fsp3) is 0.600. The molecule has 1 fully saturated rings. The van der Waals surface area contributed by atoms with E-state index in [4.69, 9.17) is 9.15 Å². The second-order valence-electron chi connectivity index (χ2n) is 8.78. The summed E-state index contributed by atoms with van der Waals surface area (Å²) < 4.78 is 11.4. The van der Waals surface area contributed by atoms with Crippen LogP contribution >= 0.6 is 0 Å². The van der Waals surface area contributed by atoms with Crippen molar-refractivity contribution >= 4 is 0 Å². The predicted octanol–water partition coefficient (Wildman–Crippen LogP) is 4.17. The number of nitrogens with zero attached hydrogens (tertiary/aromatic N) is 2. The van der Waals surface area contributed by atoms with E-state index in [0.717, 1.165) is 50.1 Å². The Kier molecular flexibility index (Phi) is 7.06. The molecule has 2 aromatic rings. The number of aryl methyl sites for hydroxylation is 1. The Morgan fingerprint density at radius 2 is 1.86 bits per heavy atom. The molecule has 29 heavy (non-hydrogen) atoms. The molecule has 1 saturated heterocycles. The van der Waals surface area contributed by atoms with Crippen molar-refractivity contribution in [1.29, 1.82) is 0 Å². The van der Waals surface area contributed by atoms with E-state index in [1.165, 1.54) is 38.8 Å². The summed E-state index contributed by atoms with van der Waals surface area (Å²) in [5.41, 5.74) is 3.12. The first-order valence-corrected chi connectivity index (χ1v) is 11.3. The highest BCUT2D eigenvalue weighted by Gasteiger charge is 2.31. The molecular formula is C25H36N2O2. The van der Waals surface area contributed by atoms with Crippen molar-refractivity contribution < 1.29 is 9.15 Å². The molecular weight excluding hydrogens is 360 g/mol. The van der Waals surface area contributed by atoms with Crippen LogP contribution in [0.1, 0.15) is 42.4 Å². The van der Waals surface area contributed by atoms with Gasteiger partial charge in [0.2, 0.25) is 0 Å². The number of likely N-dealkylation sites (tertiary alicyclic amines) is 1. The van der Waals surface area contributed by atoms with Gasteiger partial charge in [0.25, 0.3) is 0 Å². The first-order chi connectivity index (χ1) is 14.2.